The largest absolute Gasteiger partial charge is 0.454 e. The lowest BCUT2D eigenvalue weighted by Crippen LogP contribution is -2.60. The quantitative estimate of drug-likeness (QED) is 0.570. The molecule has 4 heterocycles. The van der Waals surface area contributed by atoms with Gasteiger partial charge in [0.25, 0.3) is 0 Å². The summed E-state index contributed by atoms with van der Waals surface area (Å²) in [5, 5.41) is 5.54. The third-order valence-corrected chi connectivity index (χ3v) is 6.25. The molecule has 2 aromatic rings. The Balaban J connectivity index is 1.16. The van der Waals surface area contributed by atoms with Crippen molar-refractivity contribution >= 4 is 29.4 Å². The second-order valence-corrected chi connectivity index (χ2v) is 8.53. The highest BCUT2D eigenvalue weighted by molar-refractivity contribution is 5.97. The number of piperazine rings is 2. The van der Waals surface area contributed by atoms with E-state index >= 15 is 0 Å². The van der Waals surface area contributed by atoms with Crippen LogP contribution in [0, 0.1) is 0 Å². The van der Waals surface area contributed by atoms with Crippen LogP contribution in [0.4, 0.5) is 11.6 Å². The Labute approximate surface area is 202 Å². The maximum atomic E-state index is 13.1. The highest BCUT2D eigenvalue weighted by Crippen LogP contribution is 2.34. The van der Waals surface area contributed by atoms with Crippen molar-refractivity contribution in [3.8, 4) is 11.5 Å². The summed E-state index contributed by atoms with van der Waals surface area (Å²) < 4.78 is 10.6. The summed E-state index contributed by atoms with van der Waals surface area (Å²) in [6.45, 7) is 3.84. The molecule has 1 atom stereocenters. The van der Waals surface area contributed by atoms with E-state index in [0.717, 1.165) is 0 Å². The second kappa shape index (κ2) is 10.1. The number of nitrogens with one attached hydrogen (secondary N) is 2. The zero-order valence-electron chi connectivity index (χ0n) is 19.2. The molecule has 12 heteroatoms. The van der Waals surface area contributed by atoms with Gasteiger partial charge in [0.15, 0.2) is 11.5 Å². The molecule has 3 aliphatic rings. The van der Waals surface area contributed by atoms with Crippen LogP contribution in [0.15, 0.2) is 36.7 Å². The zero-order chi connectivity index (χ0) is 24.2. The molecule has 12 nitrogen and oxygen atoms in total. The van der Waals surface area contributed by atoms with Gasteiger partial charge in [0.2, 0.25) is 30.5 Å². The molecule has 2 N–H and O–H groups in total. The molecule has 1 aromatic heterocycles. The average Bonchev–Trinajstić information content (AvgIpc) is 3.34. The van der Waals surface area contributed by atoms with E-state index in [0.29, 0.717) is 62.4 Å². The minimum atomic E-state index is -0.857. The lowest BCUT2D eigenvalue weighted by molar-refractivity contribution is -0.145. The van der Waals surface area contributed by atoms with Crippen LogP contribution in [-0.2, 0) is 14.4 Å². The van der Waals surface area contributed by atoms with E-state index in [4.69, 9.17) is 9.47 Å². The van der Waals surface area contributed by atoms with Gasteiger partial charge in [-0.2, -0.15) is 0 Å². The first kappa shape index (κ1) is 22.8. The van der Waals surface area contributed by atoms with Crippen molar-refractivity contribution in [1.82, 2.24) is 25.1 Å². The molecular formula is C23H27N7O5. The molecule has 0 aliphatic carbocycles. The van der Waals surface area contributed by atoms with Crippen LogP contribution in [0.3, 0.4) is 0 Å². The van der Waals surface area contributed by atoms with Crippen LogP contribution >= 0.6 is 0 Å². The van der Waals surface area contributed by atoms with Gasteiger partial charge in [0.05, 0.1) is 13.0 Å². The van der Waals surface area contributed by atoms with E-state index < -0.39 is 6.04 Å². The van der Waals surface area contributed by atoms with Crippen LogP contribution < -0.4 is 25.0 Å². The van der Waals surface area contributed by atoms with Gasteiger partial charge < -0.3 is 29.9 Å². The Bertz CT molecular complexity index is 1090. The van der Waals surface area contributed by atoms with Gasteiger partial charge in [-0.25, -0.2) is 9.97 Å². The maximum Gasteiger partial charge on any atom is 0.243 e. The molecule has 0 spiro atoms. The fourth-order valence-electron chi connectivity index (χ4n) is 4.42. The smallest absolute Gasteiger partial charge is 0.243 e. The zero-order valence-corrected chi connectivity index (χ0v) is 19.2. The van der Waals surface area contributed by atoms with Crippen LogP contribution in [0.5, 0.6) is 11.5 Å². The van der Waals surface area contributed by atoms with Crippen LogP contribution in [0.1, 0.15) is 6.42 Å². The number of anilines is 2. The molecule has 3 amide bonds. The minimum Gasteiger partial charge on any atom is -0.454 e. The minimum absolute atomic E-state index is 0.134. The lowest BCUT2D eigenvalue weighted by atomic mass is 10.1. The van der Waals surface area contributed by atoms with Crippen molar-refractivity contribution in [3.05, 3.63) is 36.7 Å². The number of fused-ring (bicyclic) bond motifs is 1. The van der Waals surface area contributed by atoms with Gasteiger partial charge in [-0.3, -0.25) is 19.3 Å². The molecule has 0 saturated carbocycles. The summed E-state index contributed by atoms with van der Waals surface area (Å²) in [6.07, 6.45) is 3.29. The van der Waals surface area contributed by atoms with E-state index in [1.807, 2.05) is 0 Å². The molecule has 1 aromatic carbocycles. The topological polar surface area (TPSA) is 129 Å². The summed E-state index contributed by atoms with van der Waals surface area (Å²) in [7, 11) is 0. The van der Waals surface area contributed by atoms with Crippen molar-refractivity contribution in [1.29, 1.82) is 0 Å². The normalized spacial score (nSPS) is 19.9. The molecule has 2 fully saturated rings. The molecule has 0 unspecified atom stereocenters. The van der Waals surface area contributed by atoms with Crippen LogP contribution in [0.25, 0.3) is 0 Å². The average molecular weight is 482 g/mol. The first-order chi connectivity index (χ1) is 17.1. The monoisotopic (exact) mass is 481 g/mol. The maximum absolute atomic E-state index is 13.1. The SMILES string of the molecule is O=C(C[C@H]1C(=O)NCCN1C(=O)CN1CCN(c2ncccn2)CC1)Nc1ccc2c(c1)OCO2. The number of ether oxygens (including phenoxy) is 2. The number of benzene rings is 1. The first-order valence-corrected chi connectivity index (χ1v) is 11.6. The van der Waals surface area contributed by atoms with Gasteiger partial charge in [0.1, 0.15) is 6.04 Å². The Morgan fingerprint density at radius 2 is 1.83 bits per heavy atom. The summed E-state index contributed by atoms with van der Waals surface area (Å²) in [4.78, 5) is 52.7. The fourth-order valence-corrected chi connectivity index (χ4v) is 4.42. The molecule has 5 rings (SSSR count). The molecule has 35 heavy (non-hydrogen) atoms. The molecular weight excluding hydrogens is 454 g/mol. The number of carbonyl (C=O) groups excluding carboxylic acids is 3. The summed E-state index contributed by atoms with van der Waals surface area (Å²) in [6, 6.07) is 6.01. The predicted molar refractivity (Wildman–Crippen MR) is 125 cm³/mol. The lowest BCUT2D eigenvalue weighted by Gasteiger charge is -2.38. The number of carbonyl (C=O) groups is 3. The highest BCUT2D eigenvalue weighted by atomic mass is 16.7. The predicted octanol–water partition coefficient (Wildman–Crippen LogP) is -0.317. The number of hydrogen-bond acceptors (Lipinski definition) is 9. The second-order valence-electron chi connectivity index (χ2n) is 8.53. The molecule has 2 saturated heterocycles. The number of nitrogens with zero attached hydrogens (tertiary/aromatic N) is 5. The van der Waals surface area contributed by atoms with Gasteiger partial charge in [0, 0.05) is 63.4 Å². The van der Waals surface area contributed by atoms with E-state index in [-0.39, 0.29) is 37.5 Å². The molecule has 184 valence electrons. The van der Waals surface area contributed by atoms with Crippen LogP contribution in [-0.4, -0.2) is 96.1 Å². The third-order valence-electron chi connectivity index (χ3n) is 6.25. The van der Waals surface area contributed by atoms with Crippen molar-refractivity contribution < 1.29 is 23.9 Å². The van der Waals surface area contributed by atoms with Gasteiger partial charge in [-0.05, 0) is 18.2 Å². The van der Waals surface area contributed by atoms with Crippen LogP contribution in [0.2, 0.25) is 0 Å². The van der Waals surface area contributed by atoms with E-state index in [1.165, 1.54) is 4.90 Å². The van der Waals surface area contributed by atoms with Gasteiger partial charge in [-0.15, -0.1) is 0 Å². The standard InChI is InChI=1S/C23H27N7O5/c31-20(27-16-2-3-18-19(12-16)35-15-34-18)13-17-22(33)24-6-7-30(17)21(32)14-28-8-10-29(11-9-28)23-25-4-1-5-26-23/h1-5,12,17H,6-11,13-15H2,(H,24,33)(H,27,31)/t17-/m0/s1. The highest BCUT2D eigenvalue weighted by Gasteiger charge is 2.35. The van der Waals surface area contributed by atoms with E-state index in [9.17, 15) is 14.4 Å². The van der Waals surface area contributed by atoms with Crippen molar-refractivity contribution in [3.63, 3.8) is 0 Å². The molecule has 0 bridgehead atoms. The summed E-state index contributed by atoms with van der Waals surface area (Å²) in [5.74, 6) is 0.999. The third kappa shape index (κ3) is 5.27. The summed E-state index contributed by atoms with van der Waals surface area (Å²) in [5.41, 5.74) is 0.536. The number of aromatic nitrogens is 2. The molecule has 3 aliphatic heterocycles. The van der Waals surface area contributed by atoms with E-state index in [2.05, 4.69) is 30.4 Å². The number of amides is 3. The number of hydrogen-bond donors (Lipinski definition) is 2. The molecule has 0 radical (unpaired) electrons. The van der Waals surface area contributed by atoms with Gasteiger partial charge >= 0.3 is 0 Å². The first-order valence-electron chi connectivity index (χ1n) is 11.6. The Kier molecular flexibility index (Phi) is 6.62. The van der Waals surface area contributed by atoms with Crippen molar-refractivity contribution in [2.45, 2.75) is 12.5 Å². The van der Waals surface area contributed by atoms with E-state index in [1.54, 1.807) is 36.7 Å². The Hall–Kier alpha value is -3.93. The Morgan fingerprint density at radius 3 is 2.63 bits per heavy atom. The van der Waals surface area contributed by atoms with Crippen molar-refractivity contribution in [2.24, 2.45) is 0 Å². The fraction of sp³-hybridized carbons (Fsp3) is 0.435. The van der Waals surface area contributed by atoms with Gasteiger partial charge in [-0.1, -0.05) is 0 Å². The summed E-state index contributed by atoms with van der Waals surface area (Å²) >= 11 is 0. The van der Waals surface area contributed by atoms with Crippen molar-refractivity contribution in [2.75, 3.05) is 62.8 Å². The Morgan fingerprint density at radius 1 is 1.06 bits per heavy atom. The number of rotatable bonds is 6.